The van der Waals surface area contributed by atoms with Gasteiger partial charge in [0.2, 0.25) is 0 Å². The molecule has 0 aliphatic carbocycles. The van der Waals surface area contributed by atoms with Crippen LogP contribution in [0.5, 0.6) is 0 Å². The van der Waals surface area contributed by atoms with Crippen molar-refractivity contribution in [1.82, 2.24) is 10.2 Å². The molecule has 21 heavy (non-hydrogen) atoms. The van der Waals surface area contributed by atoms with E-state index in [1.807, 2.05) is 0 Å². The van der Waals surface area contributed by atoms with Gasteiger partial charge >= 0.3 is 0 Å². The van der Waals surface area contributed by atoms with Crippen molar-refractivity contribution in [2.75, 3.05) is 0 Å². The summed E-state index contributed by atoms with van der Waals surface area (Å²) in [6.07, 6.45) is 4.61. The van der Waals surface area contributed by atoms with Gasteiger partial charge in [0.05, 0.1) is 5.69 Å². The number of hydrogen-bond acceptors (Lipinski definition) is 2. The fraction of sp³-hybridized carbons (Fsp3) is 0. The monoisotopic (exact) mass is 283 g/mol. The first-order chi connectivity index (χ1) is 10.2. The van der Waals surface area contributed by atoms with Crippen LogP contribution in [0.15, 0.2) is 36.4 Å². The summed E-state index contributed by atoms with van der Waals surface area (Å²) >= 11 is 0. The first kappa shape index (κ1) is 13.2. The van der Waals surface area contributed by atoms with Crippen LogP contribution in [0.4, 0.5) is 8.78 Å². The number of halogens is 2. The van der Waals surface area contributed by atoms with Crippen molar-refractivity contribution in [3.8, 4) is 0 Å². The second-order valence-electron chi connectivity index (χ2n) is 4.57. The molecule has 0 bridgehead atoms. The van der Waals surface area contributed by atoms with E-state index in [2.05, 4.69) is 10.2 Å². The lowest BCUT2D eigenvalue weighted by Crippen LogP contribution is -1.84. The van der Waals surface area contributed by atoms with Crippen LogP contribution in [-0.4, -0.2) is 16.4 Å². The third-order valence-electron chi connectivity index (χ3n) is 3.14. The summed E-state index contributed by atoms with van der Waals surface area (Å²) in [5.41, 5.74) is 2.16. The van der Waals surface area contributed by atoms with Crippen molar-refractivity contribution in [3.63, 3.8) is 0 Å². The summed E-state index contributed by atoms with van der Waals surface area (Å²) < 4.78 is 26.6. The van der Waals surface area contributed by atoms with Gasteiger partial charge in [0, 0.05) is 11.6 Å². The van der Waals surface area contributed by atoms with Gasteiger partial charge in [-0.3, -0.25) is 5.10 Å². The van der Waals surface area contributed by atoms with E-state index in [-0.39, 0.29) is 11.3 Å². The van der Waals surface area contributed by atoms with Gasteiger partial charge in [-0.2, -0.15) is 5.10 Å². The molecule has 0 fully saturated rings. The van der Waals surface area contributed by atoms with E-state index in [0.717, 1.165) is 11.8 Å². The zero-order valence-corrected chi connectivity index (χ0v) is 10.9. The number of fused-ring (bicyclic) bond motifs is 1. The van der Waals surface area contributed by atoms with Crippen molar-refractivity contribution >= 4 is 29.3 Å². The zero-order valence-electron chi connectivity index (χ0n) is 10.9. The smallest absolute Gasteiger partial charge is 0.151 e. The minimum Gasteiger partial charge on any atom is -0.308 e. The Morgan fingerprint density at radius 3 is 2.48 bits per heavy atom. The molecule has 0 aliphatic rings. The van der Waals surface area contributed by atoms with Crippen LogP contribution in [0, 0.1) is 17.0 Å². The Bertz CT molecular complexity index is 833. The molecule has 0 spiro atoms. The summed E-state index contributed by atoms with van der Waals surface area (Å²) in [4.78, 5) is 0. The highest BCUT2D eigenvalue weighted by Gasteiger charge is 2.09. The van der Waals surface area contributed by atoms with Crippen molar-refractivity contribution in [2.24, 2.45) is 0 Å². The minimum atomic E-state index is -0.469. The molecule has 0 atom stereocenters. The number of aromatic nitrogens is 2. The van der Waals surface area contributed by atoms with Crippen LogP contribution >= 0.6 is 0 Å². The Labute approximate surface area is 119 Å². The van der Waals surface area contributed by atoms with Gasteiger partial charge in [-0.25, -0.2) is 8.78 Å². The Morgan fingerprint density at radius 1 is 1.00 bits per heavy atom. The fourth-order valence-electron chi connectivity index (χ4n) is 2.08. The highest BCUT2D eigenvalue weighted by molar-refractivity contribution is 5.93. The number of H-pyrrole nitrogens is 1. The van der Waals surface area contributed by atoms with Gasteiger partial charge in [0.25, 0.3) is 0 Å². The maximum atomic E-state index is 13.8. The third kappa shape index (κ3) is 2.58. The summed E-state index contributed by atoms with van der Waals surface area (Å²) in [5.74, 6) is -0.763. The average molecular weight is 283 g/mol. The maximum Gasteiger partial charge on any atom is 0.151 e. The molecular formula is C16H11F2N3. The SMILES string of the molecule is N=Cc1cc(F)c2n[nH]c(/C=C/c3ccc(F)cc3)c2c1. The highest BCUT2D eigenvalue weighted by Crippen LogP contribution is 2.22. The van der Waals surface area contributed by atoms with E-state index >= 15 is 0 Å². The molecule has 3 nitrogen and oxygen atoms in total. The second kappa shape index (κ2) is 5.28. The van der Waals surface area contributed by atoms with Crippen LogP contribution < -0.4 is 0 Å². The first-order valence-corrected chi connectivity index (χ1v) is 6.29. The van der Waals surface area contributed by atoms with Crippen LogP contribution in [-0.2, 0) is 0 Å². The van der Waals surface area contributed by atoms with Crippen molar-refractivity contribution in [1.29, 1.82) is 5.41 Å². The summed E-state index contributed by atoms with van der Waals surface area (Å²) in [6, 6.07) is 9.00. The Kier molecular flexibility index (Phi) is 3.31. The van der Waals surface area contributed by atoms with Gasteiger partial charge in [0.1, 0.15) is 11.3 Å². The highest BCUT2D eigenvalue weighted by atomic mass is 19.1. The molecule has 1 heterocycles. The lowest BCUT2D eigenvalue weighted by atomic mass is 10.1. The predicted molar refractivity (Wildman–Crippen MR) is 79.3 cm³/mol. The number of aromatic amines is 1. The fourth-order valence-corrected chi connectivity index (χ4v) is 2.08. The molecule has 0 saturated heterocycles. The molecular weight excluding hydrogens is 272 g/mol. The summed E-state index contributed by atoms with van der Waals surface area (Å²) in [6.45, 7) is 0. The predicted octanol–water partition coefficient (Wildman–Crippen LogP) is 4.01. The summed E-state index contributed by atoms with van der Waals surface area (Å²) in [5, 5.41) is 14.5. The Hall–Kier alpha value is -2.82. The van der Waals surface area contributed by atoms with Crippen LogP contribution in [0.2, 0.25) is 0 Å². The molecule has 5 heteroatoms. The summed E-state index contributed by atoms with van der Waals surface area (Å²) in [7, 11) is 0. The van der Waals surface area contributed by atoms with Crippen molar-refractivity contribution in [2.45, 2.75) is 0 Å². The maximum absolute atomic E-state index is 13.8. The molecule has 1 aromatic heterocycles. The number of benzene rings is 2. The van der Waals surface area contributed by atoms with Gasteiger partial charge in [-0.1, -0.05) is 18.2 Å². The van der Waals surface area contributed by atoms with E-state index in [4.69, 9.17) is 5.41 Å². The normalized spacial score (nSPS) is 11.3. The number of nitrogens with one attached hydrogen (secondary N) is 2. The number of nitrogens with zero attached hydrogens (tertiary/aromatic N) is 1. The first-order valence-electron chi connectivity index (χ1n) is 6.29. The van der Waals surface area contributed by atoms with Crippen LogP contribution in [0.1, 0.15) is 16.8 Å². The van der Waals surface area contributed by atoms with E-state index in [9.17, 15) is 8.78 Å². The Morgan fingerprint density at radius 2 is 1.76 bits per heavy atom. The quantitative estimate of drug-likeness (QED) is 0.701. The lowest BCUT2D eigenvalue weighted by Gasteiger charge is -1.96. The van der Waals surface area contributed by atoms with Gasteiger partial charge in [0.15, 0.2) is 5.82 Å². The van der Waals surface area contributed by atoms with Crippen LogP contribution in [0.3, 0.4) is 0 Å². The van der Waals surface area contributed by atoms with Gasteiger partial charge in [-0.05, 0) is 41.5 Å². The van der Waals surface area contributed by atoms with E-state index in [1.54, 1.807) is 30.4 Å². The molecule has 3 aromatic rings. The van der Waals surface area contributed by atoms with Crippen molar-refractivity contribution < 1.29 is 8.78 Å². The van der Waals surface area contributed by atoms with Crippen molar-refractivity contribution in [3.05, 3.63) is 64.9 Å². The largest absolute Gasteiger partial charge is 0.308 e. The van der Waals surface area contributed by atoms with Crippen LogP contribution in [0.25, 0.3) is 23.1 Å². The number of rotatable bonds is 3. The topological polar surface area (TPSA) is 52.5 Å². The lowest BCUT2D eigenvalue weighted by molar-refractivity contribution is 0.627. The zero-order chi connectivity index (χ0) is 14.8. The molecule has 0 aliphatic heterocycles. The molecule has 0 unspecified atom stereocenters. The molecule has 2 aromatic carbocycles. The van der Waals surface area contributed by atoms with E-state index in [1.165, 1.54) is 18.2 Å². The number of hydrogen-bond donors (Lipinski definition) is 2. The molecule has 0 saturated carbocycles. The van der Waals surface area contributed by atoms with Gasteiger partial charge in [-0.15, -0.1) is 0 Å². The molecule has 2 N–H and O–H groups in total. The average Bonchev–Trinajstić information content (AvgIpc) is 2.90. The van der Waals surface area contributed by atoms with E-state index in [0.29, 0.717) is 16.6 Å². The molecule has 0 radical (unpaired) electrons. The minimum absolute atomic E-state index is 0.236. The molecule has 0 amide bonds. The second-order valence-corrected chi connectivity index (χ2v) is 4.57. The Balaban J connectivity index is 2.02. The van der Waals surface area contributed by atoms with Gasteiger partial charge < -0.3 is 5.41 Å². The third-order valence-corrected chi connectivity index (χ3v) is 3.14. The van der Waals surface area contributed by atoms with E-state index < -0.39 is 5.82 Å². The molecule has 3 rings (SSSR count). The standard InChI is InChI=1S/C16H11F2N3/c17-12-4-1-10(2-5-12)3-6-15-13-7-11(9-19)8-14(18)16(13)21-20-15/h1-9,19H,(H,20,21)/b6-3+,19-9?. The molecule has 104 valence electrons.